The lowest BCUT2D eigenvalue weighted by Gasteiger charge is -2.05. The van der Waals surface area contributed by atoms with E-state index in [0.717, 1.165) is 0 Å². The van der Waals surface area contributed by atoms with Crippen LogP contribution in [0.2, 0.25) is 0 Å². The van der Waals surface area contributed by atoms with E-state index in [0.29, 0.717) is 16.5 Å². The van der Waals surface area contributed by atoms with Crippen LogP contribution in [0.1, 0.15) is 22.8 Å². The second kappa shape index (κ2) is 4.80. The van der Waals surface area contributed by atoms with Crippen LogP contribution < -0.4 is 0 Å². The molecule has 0 fully saturated rings. The molecule has 1 unspecified atom stereocenters. The molecule has 0 bridgehead atoms. The first kappa shape index (κ1) is 11.5. The predicted octanol–water partition coefficient (Wildman–Crippen LogP) is 3.10. The maximum atomic E-state index is 11.5. The van der Waals surface area contributed by atoms with Gasteiger partial charge in [0, 0.05) is 16.5 Å². The Labute approximate surface area is 96.0 Å². The number of benzene rings is 1. The molecule has 0 aliphatic rings. The Morgan fingerprint density at radius 3 is 2.79 bits per heavy atom. The highest BCUT2D eigenvalue weighted by Crippen LogP contribution is 2.22. The van der Waals surface area contributed by atoms with Crippen LogP contribution in [0.25, 0.3) is 0 Å². The molecular weight excluding hydrogens is 267 g/mol. The summed E-state index contributed by atoms with van der Waals surface area (Å²) in [7, 11) is 0. The number of rotatable bonds is 3. The molecule has 1 atom stereocenters. The van der Waals surface area contributed by atoms with Crippen LogP contribution in [0.5, 0.6) is 5.75 Å². The Balaban J connectivity index is 3.06. The van der Waals surface area contributed by atoms with Gasteiger partial charge < -0.3 is 5.11 Å². The van der Waals surface area contributed by atoms with Crippen molar-refractivity contribution in [2.24, 2.45) is 0 Å². The molecule has 76 valence electrons. The summed E-state index contributed by atoms with van der Waals surface area (Å²) in [5, 5.41) is 9.35. The van der Waals surface area contributed by atoms with Gasteiger partial charge in [0.2, 0.25) is 0 Å². The van der Waals surface area contributed by atoms with Gasteiger partial charge in [0.05, 0.1) is 5.38 Å². The molecule has 4 heteroatoms. The van der Waals surface area contributed by atoms with Gasteiger partial charge in [0.15, 0.2) is 5.78 Å². The molecule has 1 aromatic rings. The van der Waals surface area contributed by atoms with E-state index in [9.17, 15) is 9.90 Å². The number of carbonyl (C=O) groups is 1. The number of carbonyl (C=O) groups excluding carboxylic acids is 1. The zero-order chi connectivity index (χ0) is 10.7. The molecule has 0 aromatic heterocycles. The zero-order valence-corrected chi connectivity index (χ0v) is 9.97. The fraction of sp³-hybridized carbons (Fsp3) is 0.300. The van der Waals surface area contributed by atoms with E-state index in [1.165, 1.54) is 6.07 Å². The van der Waals surface area contributed by atoms with Crippen molar-refractivity contribution in [2.45, 2.75) is 17.6 Å². The second-order valence-electron chi connectivity index (χ2n) is 2.96. The maximum Gasteiger partial charge on any atom is 0.180 e. The number of aromatic hydroxyl groups is 1. The Kier molecular flexibility index (Phi) is 3.96. The Morgan fingerprint density at radius 2 is 2.29 bits per heavy atom. The molecule has 14 heavy (non-hydrogen) atoms. The summed E-state index contributed by atoms with van der Waals surface area (Å²) < 4.78 is 0. The van der Waals surface area contributed by atoms with E-state index in [1.807, 2.05) is 0 Å². The van der Waals surface area contributed by atoms with Crippen molar-refractivity contribution in [3.05, 3.63) is 29.3 Å². The quantitative estimate of drug-likeness (QED) is 0.681. The first-order valence-electron chi connectivity index (χ1n) is 4.12. The van der Waals surface area contributed by atoms with Gasteiger partial charge >= 0.3 is 0 Å². The zero-order valence-electron chi connectivity index (χ0n) is 7.63. The largest absolute Gasteiger partial charge is 0.508 e. The number of phenolic OH excluding ortho intramolecular Hbond substituents is 1. The smallest absolute Gasteiger partial charge is 0.180 e. The van der Waals surface area contributed by atoms with E-state index in [4.69, 9.17) is 11.6 Å². The average Bonchev–Trinajstić information content (AvgIpc) is 2.17. The van der Waals surface area contributed by atoms with Crippen molar-refractivity contribution in [3.63, 3.8) is 0 Å². The molecule has 0 aliphatic heterocycles. The lowest BCUT2D eigenvalue weighted by atomic mass is 10.1. The lowest BCUT2D eigenvalue weighted by Crippen LogP contribution is -2.10. The van der Waals surface area contributed by atoms with Gasteiger partial charge in [-0.3, -0.25) is 4.79 Å². The summed E-state index contributed by atoms with van der Waals surface area (Å²) in [6, 6.07) is 4.72. The Morgan fingerprint density at radius 1 is 1.64 bits per heavy atom. The van der Waals surface area contributed by atoms with Crippen LogP contribution >= 0.6 is 27.5 Å². The van der Waals surface area contributed by atoms with Crippen molar-refractivity contribution in [1.82, 2.24) is 0 Å². The fourth-order valence-corrected chi connectivity index (χ4v) is 1.65. The molecule has 0 aliphatic carbocycles. The van der Waals surface area contributed by atoms with Crippen LogP contribution in [0.3, 0.4) is 0 Å². The van der Waals surface area contributed by atoms with Crippen molar-refractivity contribution in [2.75, 3.05) is 0 Å². The topological polar surface area (TPSA) is 37.3 Å². The second-order valence-corrected chi connectivity index (χ2v) is 4.17. The number of ketones is 1. The third-order valence-electron chi connectivity index (χ3n) is 1.87. The van der Waals surface area contributed by atoms with Gasteiger partial charge in [0.1, 0.15) is 5.75 Å². The molecule has 0 heterocycles. The van der Waals surface area contributed by atoms with Gasteiger partial charge in [-0.15, -0.1) is 11.6 Å². The summed E-state index contributed by atoms with van der Waals surface area (Å²) in [6.07, 6.45) is 0. The molecule has 0 amide bonds. The van der Waals surface area contributed by atoms with Crippen LogP contribution in [0.15, 0.2) is 18.2 Å². The van der Waals surface area contributed by atoms with E-state index in [-0.39, 0.29) is 11.5 Å². The summed E-state index contributed by atoms with van der Waals surface area (Å²) in [4.78, 5) is 11.5. The van der Waals surface area contributed by atoms with E-state index in [2.05, 4.69) is 15.9 Å². The number of phenols is 1. The third-order valence-corrected chi connectivity index (χ3v) is 2.67. The fourth-order valence-electron chi connectivity index (χ4n) is 1.08. The highest BCUT2D eigenvalue weighted by Gasteiger charge is 2.13. The molecular formula is C10H10BrClO2. The van der Waals surface area contributed by atoms with Gasteiger partial charge in [-0.2, -0.15) is 0 Å². The molecule has 0 spiro atoms. The average molecular weight is 278 g/mol. The first-order chi connectivity index (χ1) is 6.56. The highest BCUT2D eigenvalue weighted by molar-refractivity contribution is 9.08. The van der Waals surface area contributed by atoms with Crippen molar-refractivity contribution >= 4 is 33.3 Å². The summed E-state index contributed by atoms with van der Waals surface area (Å²) in [5.41, 5.74) is 1.22. The summed E-state index contributed by atoms with van der Waals surface area (Å²) in [6.45, 7) is 1.63. The Hall–Kier alpha value is -0.540. The summed E-state index contributed by atoms with van der Waals surface area (Å²) >= 11 is 8.90. The molecule has 1 rings (SSSR count). The summed E-state index contributed by atoms with van der Waals surface area (Å²) in [5.74, 6) is 0.0505. The maximum absolute atomic E-state index is 11.5. The van der Waals surface area contributed by atoms with Crippen molar-refractivity contribution < 1.29 is 9.90 Å². The minimum Gasteiger partial charge on any atom is -0.508 e. The molecule has 0 saturated heterocycles. The predicted molar refractivity (Wildman–Crippen MR) is 60.4 cm³/mol. The van der Waals surface area contributed by atoms with Gasteiger partial charge in [-0.1, -0.05) is 15.9 Å². The van der Waals surface area contributed by atoms with Crippen LogP contribution in [-0.4, -0.2) is 16.3 Å². The van der Waals surface area contributed by atoms with Gasteiger partial charge in [-0.05, 0) is 25.1 Å². The van der Waals surface area contributed by atoms with E-state index >= 15 is 0 Å². The SMILES string of the molecule is CC(Cl)C(=O)c1ccc(O)c(CBr)c1. The van der Waals surface area contributed by atoms with Gasteiger partial charge in [0.25, 0.3) is 0 Å². The number of Topliss-reactive ketones (excluding diaryl/α,β-unsaturated/α-hetero) is 1. The van der Waals surface area contributed by atoms with Crippen molar-refractivity contribution in [1.29, 1.82) is 0 Å². The number of halogens is 2. The monoisotopic (exact) mass is 276 g/mol. The van der Waals surface area contributed by atoms with Gasteiger partial charge in [-0.25, -0.2) is 0 Å². The van der Waals surface area contributed by atoms with Crippen LogP contribution in [0.4, 0.5) is 0 Å². The minimum atomic E-state index is -0.539. The van der Waals surface area contributed by atoms with Crippen LogP contribution in [0, 0.1) is 0 Å². The van der Waals surface area contributed by atoms with Crippen molar-refractivity contribution in [3.8, 4) is 5.75 Å². The molecule has 0 saturated carbocycles. The highest BCUT2D eigenvalue weighted by atomic mass is 79.9. The third kappa shape index (κ3) is 2.49. The number of alkyl halides is 2. The standard InChI is InChI=1S/C10H10BrClO2/c1-6(12)10(14)7-2-3-9(13)8(4-7)5-11/h2-4,6,13H,5H2,1H3. The minimum absolute atomic E-state index is 0.131. The van der Waals surface area contributed by atoms with E-state index < -0.39 is 5.38 Å². The number of hydrogen-bond donors (Lipinski definition) is 1. The Bertz CT molecular complexity index is 350. The molecule has 2 nitrogen and oxygen atoms in total. The lowest BCUT2D eigenvalue weighted by molar-refractivity contribution is 0.0991. The normalized spacial score (nSPS) is 12.5. The van der Waals surface area contributed by atoms with Crippen LogP contribution in [-0.2, 0) is 5.33 Å². The first-order valence-corrected chi connectivity index (χ1v) is 5.68. The molecule has 1 aromatic carbocycles. The molecule has 0 radical (unpaired) electrons. The molecule has 1 N–H and O–H groups in total. The van der Waals surface area contributed by atoms with E-state index in [1.54, 1.807) is 19.1 Å². The number of hydrogen-bond acceptors (Lipinski definition) is 2.